The summed E-state index contributed by atoms with van der Waals surface area (Å²) in [6.45, 7) is 4.36. The number of amides is 2. The van der Waals surface area contributed by atoms with Crippen LogP contribution in [-0.2, 0) is 9.53 Å². The Kier molecular flexibility index (Phi) is 7.14. The number of ether oxygens (including phenoxy) is 1. The third-order valence-corrected chi connectivity index (χ3v) is 2.78. The largest absolute Gasteiger partial charge is 0.383 e. The maximum absolute atomic E-state index is 12.1. The first kappa shape index (κ1) is 16.9. The minimum atomic E-state index is -0.688. The summed E-state index contributed by atoms with van der Waals surface area (Å²) in [5.41, 5.74) is 6.51. The molecule has 1 atom stereocenters. The first-order valence-electron chi connectivity index (χ1n) is 6.63. The Morgan fingerprint density at radius 1 is 1.43 bits per heavy atom. The smallest absolute Gasteiger partial charge is 0.253 e. The molecular weight excluding hydrogens is 270 g/mol. The van der Waals surface area contributed by atoms with E-state index in [0.29, 0.717) is 30.8 Å². The predicted molar refractivity (Wildman–Crippen MR) is 82.1 cm³/mol. The van der Waals surface area contributed by atoms with E-state index >= 15 is 0 Å². The molecule has 0 aliphatic rings. The summed E-state index contributed by atoms with van der Waals surface area (Å²) in [5, 5.41) is 5.37. The Labute approximate surface area is 124 Å². The van der Waals surface area contributed by atoms with Gasteiger partial charge in [-0.05, 0) is 18.6 Å². The summed E-state index contributed by atoms with van der Waals surface area (Å²) in [6, 6.07) is 6.07. The van der Waals surface area contributed by atoms with Crippen molar-refractivity contribution in [3.05, 3.63) is 42.5 Å². The molecule has 2 amide bonds. The molecule has 1 aromatic rings. The molecule has 0 spiro atoms. The van der Waals surface area contributed by atoms with Crippen molar-refractivity contribution in [2.24, 2.45) is 5.73 Å². The number of carbonyl (C=O) groups excluding carboxylic acids is 2. The zero-order valence-electron chi connectivity index (χ0n) is 12.1. The maximum atomic E-state index is 12.1. The van der Waals surface area contributed by atoms with Crippen molar-refractivity contribution in [2.75, 3.05) is 25.6 Å². The van der Waals surface area contributed by atoms with Crippen LogP contribution in [0.5, 0.6) is 0 Å². The molecule has 114 valence electrons. The fraction of sp³-hybridized carbons (Fsp3) is 0.333. The third-order valence-electron chi connectivity index (χ3n) is 2.78. The van der Waals surface area contributed by atoms with Crippen LogP contribution in [0.1, 0.15) is 16.8 Å². The van der Waals surface area contributed by atoms with Crippen molar-refractivity contribution in [1.29, 1.82) is 0 Å². The second-order valence-electron chi connectivity index (χ2n) is 4.41. The van der Waals surface area contributed by atoms with Crippen LogP contribution < -0.4 is 16.4 Å². The number of benzene rings is 1. The Bertz CT molecular complexity index is 503. The van der Waals surface area contributed by atoms with Gasteiger partial charge < -0.3 is 21.1 Å². The van der Waals surface area contributed by atoms with E-state index < -0.39 is 6.04 Å². The minimum Gasteiger partial charge on any atom is -0.383 e. The van der Waals surface area contributed by atoms with Crippen molar-refractivity contribution in [1.82, 2.24) is 5.32 Å². The molecule has 0 aromatic heterocycles. The normalized spacial score (nSPS) is 11.5. The zero-order chi connectivity index (χ0) is 15.7. The minimum absolute atomic E-state index is 0.278. The second kappa shape index (κ2) is 8.89. The molecule has 1 unspecified atom stereocenters. The first-order chi connectivity index (χ1) is 10.1. The van der Waals surface area contributed by atoms with Gasteiger partial charge in [0.2, 0.25) is 5.91 Å². The van der Waals surface area contributed by atoms with Crippen LogP contribution in [0.2, 0.25) is 0 Å². The lowest BCUT2D eigenvalue weighted by Gasteiger charge is -2.14. The highest BCUT2D eigenvalue weighted by atomic mass is 16.5. The average Bonchev–Trinajstić information content (AvgIpc) is 2.48. The Hall–Kier alpha value is -2.18. The highest BCUT2D eigenvalue weighted by molar-refractivity contribution is 6.04. The molecule has 0 aliphatic heterocycles. The van der Waals surface area contributed by atoms with Crippen molar-refractivity contribution in [3.8, 4) is 0 Å². The van der Waals surface area contributed by atoms with Crippen LogP contribution >= 0.6 is 0 Å². The summed E-state index contributed by atoms with van der Waals surface area (Å²) in [4.78, 5) is 24.0. The lowest BCUT2D eigenvalue weighted by molar-refractivity contribution is -0.117. The second-order valence-corrected chi connectivity index (χ2v) is 4.41. The highest BCUT2D eigenvalue weighted by Crippen LogP contribution is 2.15. The molecule has 4 N–H and O–H groups in total. The third kappa shape index (κ3) is 5.37. The number of rotatable bonds is 8. The van der Waals surface area contributed by atoms with Crippen molar-refractivity contribution < 1.29 is 14.3 Å². The lowest BCUT2D eigenvalue weighted by Crippen LogP contribution is -2.36. The summed E-state index contributed by atoms with van der Waals surface area (Å²) in [7, 11) is 1.56. The molecule has 6 nitrogen and oxygen atoms in total. The fourth-order valence-corrected chi connectivity index (χ4v) is 1.66. The van der Waals surface area contributed by atoms with Gasteiger partial charge in [-0.25, -0.2) is 0 Å². The molecule has 0 radical (unpaired) electrons. The topological polar surface area (TPSA) is 93.5 Å². The van der Waals surface area contributed by atoms with Gasteiger partial charge in [0.15, 0.2) is 0 Å². The van der Waals surface area contributed by atoms with E-state index in [1.807, 2.05) is 0 Å². The monoisotopic (exact) mass is 291 g/mol. The number of carbonyl (C=O) groups is 2. The molecule has 6 heteroatoms. The lowest BCUT2D eigenvalue weighted by atomic mass is 10.1. The molecule has 0 saturated carbocycles. The number of nitrogens with two attached hydrogens (primary N) is 1. The highest BCUT2D eigenvalue weighted by Gasteiger charge is 2.16. The standard InChI is InChI=1S/C15H21N3O3/c1-3-6-12(16)15(20)18-13-8-5-4-7-11(13)14(19)17-9-10-21-2/h3-5,7-8,12H,1,6,9-10,16H2,2H3,(H,17,19)(H,18,20). The van der Waals surface area contributed by atoms with E-state index in [2.05, 4.69) is 17.2 Å². The van der Waals surface area contributed by atoms with Crippen LogP contribution in [0.15, 0.2) is 36.9 Å². The number of hydrogen-bond acceptors (Lipinski definition) is 4. The molecule has 21 heavy (non-hydrogen) atoms. The summed E-state index contributed by atoms with van der Waals surface area (Å²) >= 11 is 0. The van der Waals surface area contributed by atoms with E-state index in [4.69, 9.17) is 10.5 Å². The maximum Gasteiger partial charge on any atom is 0.253 e. The predicted octanol–water partition coefficient (Wildman–Crippen LogP) is 0.905. The molecule has 0 heterocycles. The number of para-hydroxylation sites is 1. The summed E-state index contributed by atoms with van der Waals surface area (Å²) in [6.07, 6.45) is 1.95. The van der Waals surface area contributed by atoms with E-state index in [9.17, 15) is 9.59 Å². The van der Waals surface area contributed by atoms with Crippen LogP contribution in [-0.4, -0.2) is 38.1 Å². The van der Waals surface area contributed by atoms with Crippen molar-refractivity contribution in [3.63, 3.8) is 0 Å². The molecule has 1 rings (SSSR count). The Morgan fingerprint density at radius 3 is 2.81 bits per heavy atom. The zero-order valence-corrected chi connectivity index (χ0v) is 12.1. The Morgan fingerprint density at radius 2 is 2.14 bits per heavy atom. The first-order valence-corrected chi connectivity index (χ1v) is 6.63. The summed E-state index contributed by atoms with van der Waals surface area (Å²) < 4.78 is 4.87. The van der Waals surface area contributed by atoms with Crippen LogP contribution in [0.4, 0.5) is 5.69 Å². The van der Waals surface area contributed by atoms with E-state index in [-0.39, 0.29) is 11.8 Å². The van der Waals surface area contributed by atoms with Crippen molar-refractivity contribution >= 4 is 17.5 Å². The van der Waals surface area contributed by atoms with Gasteiger partial charge in [0.1, 0.15) is 0 Å². The van der Waals surface area contributed by atoms with Gasteiger partial charge in [-0.2, -0.15) is 0 Å². The number of nitrogens with one attached hydrogen (secondary N) is 2. The van der Waals surface area contributed by atoms with E-state index in [0.717, 1.165) is 0 Å². The molecule has 0 fully saturated rings. The number of hydrogen-bond donors (Lipinski definition) is 3. The van der Waals surface area contributed by atoms with Gasteiger partial charge in [-0.1, -0.05) is 18.2 Å². The van der Waals surface area contributed by atoms with E-state index in [1.165, 1.54) is 0 Å². The average molecular weight is 291 g/mol. The van der Waals surface area contributed by atoms with Gasteiger partial charge in [0, 0.05) is 13.7 Å². The van der Waals surface area contributed by atoms with Gasteiger partial charge in [0.25, 0.3) is 5.91 Å². The fourth-order valence-electron chi connectivity index (χ4n) is 1.66. The molecule has 0 bridgehead atoms. The van der Waals surface area contributed by atoms with Crippen LogP contribution in [0.25, 0.3) is 0 Å². The summed E-state index contributed by atoms with van der Waals surface area (Å²) in [5.74, 6) is -0.632. The van der Waals surface area contributed by atoms with Gasteiger partial charge >= 0.3 is 0 Å². The van der Waals surface area contributed by atoms with Gasteiger partial charge in [-0.15, -0.1) is 6.58 Å². The van der Waals surface area contributed by atoms with E-state index in [1.54, 1.807) is 37.5 Å². The number of methoxy groups -OCH3 is 1. The molecule has 1 aromatic carbocycles. The van der Waals surface area contributed by atoms with Crippen LogP contribution in [0, 0.1) is 0 Å². The van der Waals surface area contributed by atoms with Gasteiger partial charge in [-0.3, -0.25) is 9.59 Å². The Balaban J connectivity index is 2.77. The quantitative estimate of drug-likeness (QED) is 0.490. The SMILES string of the molecule is C=CCC(N)C(=O)Nc1ccccc1C(=O)NCCOC. The van der Waals surface area contributed by atoms with Crippen LogP contribution in [0.3, 0.4) is 0 Å². The molecular formula is C15H21N3O3. The van der Waals surface area contributed by atoms with Crippen molar-refractivity contribution in [2.45, 2.75) is 12.5 Å². The van der Waals surface area contributed by atoms with Gasteiger partial charge in [0.05, 0.1) is 23.9 Å². The molecule has 0 saturated heterocycles. The number of anilines is 1. The molecule has 0 aliphatic carbocycles.